The Labute approximate surface area is 184 Å². The number of aromatic nitrogens is 3. The molecule has 4 atom stereocenters. The van der Waals surface area contributed by atoms with E-state index in [9.17, 15) is 5.11 Å². The van der Waals surface area contributed by atoms with E-state index in [0.717, 1.165) is 37.7 Å². The van der Waals surface area contributed by atoms with Crippen molar-refractivity contribution in [2.45, 2.75) is 70.5 Å². The van der Waals surface area contributed by atoms with Crippen LogP contribution in [0.3, 0.4) is 0 Å². The molecule has 5 heteroatoms. The maximum atomic E-state index is 10.5. The summed E-state index contributed by atoms with van der Waals surface area (Å²) in [7, 11) is 0. The van der Waals surface area contributed by atoms with Gasteiger partial charge >= 0.3 is 6.01 Å². The van der Waals surface area contributed by atoms with Crippen LogP contribution in [0.1, 0.15) is 69.9 Å². The number of hydrogen-bond donors (Lipinski definition) is 1. The molecule has 0 amide bonds. The molecule has 0 aromatic carbocycles. The molecule has 0 bridgehead atoms. The molecule has 1 heterocycles. The first kappa shape index (κ1) is 20.4. The van der Waals surface area contributed by atoms with Gasteiger partial charge in [0, 0.05) is 0 Å². The molecule has 0 spiro atoms. The number of hydrogen-bond acceptors (Lipinski definition) is 5. The summed E-state index contributed by atoms with van der Waals surface area (Å²) in [4.78, 5) is 14.0. The van der Waals surface area contributed by atoms with E-state index in [4.69, 9.17) is 9.72 Å². The molecular weight excluding hydrogens is 386 g/mol. The van der Waals surface area contributed by atoms with Crippen LogP contribution in [0.4, 0.5) is 0 Å². The maximum Gasteiger partial charge on any atom is 0.320 e. The highest BCUT2D eigenvalue weighted by Gasteiger charge is 2.31. The molecule has 1 aromatic heterocycles. The van der Waals surface area contributed by atoms with Crippen LogP contribution in [0.5, 0.6) is 6.01 Å². The summed E-state index contributed by atoms with van der Waals surface area (Å²) in [5.41, 5.74) is 4.13. The second-order valence-corrected chi connectivity index (χ2v) is 9.35. The van der Waals surface area contributed by atoms with E-state index in [2.05, 4.69) is 46.4 Å². The highest BCUT2D eigenvalue weighted by Crippen LogP contribution is 2.43. The predicted molar refractivity (Wildman–Crippen MR) is 121 cm³/mol. The Balaban J connectivity index is 1.49. The van der Waals surface area contributed by atoms with Crippen molar-refractivity contribution in [2.24, 2.45) is 11.8 Å². The van der Waals surface area contributed by atoms with Crippen LogP contribution in [0.2, 0.25) is 0 Å². The van der Waals surface area contributed by atoms with Gasteiger partial charge in [0.1, 0.15) is 5.82 Å². The maximum absolute atomic E-state index is 10.5. The molecule has 0 saturated heterocycles. The Kier molecular flexibility index (Phi) is 5.61. The van der Waals surface area contributed by atoms with Gasteiger partial charge in [0.25, 0.3) is 0 Å². The van der Waals surface area contributed by atoms with Crippen molar-refractivity contribution in [2.75, 3.05) is 0 Å². The fourth-order valence-electron chi connectivity index (χ4n) is 5.09. The quantitative estimate of drug-likeness (QED) is 0.692. The number of nitrogens with zero attached hydrogens (tertiary/aromatic N) is 3. The Hall–Kier alpha value is -2.53. The topological polar surface area (TPSA) is 68.1 Å². The van der Waals surface area contributed by atoms with Crippen LogP contribution in [-0.4, -0.2) is 32.3 Å². The molecule has 5 rings (SSSR count). The van der Waals surface area contributed by atoms with Crippen molar-refractivity contribution >= 4 is 5.57 Å². The van der Waals surface area contributed by atoms with Crippen molar-refractivity contribution < 1.29 is 9.84 Å². The number of rotatable bonds is 4. The van der Waals surface area contributed by atoms with E-state index < -0.39 is 6.10 Å². The molecule has 4 unspecified atom stereocenters. The fourth-order valence-corrected chi connectivity index (χ4v) is 5.09. The summed E-state index contributed by atoms with van der Waals surface area (Å²) in [5.74, 6) is 2.13. The Bertz CT molecular complexity index is 1000. The highest BCUT2D eigenvalue weighted by atomic mass is 16.5. The zero-order valence-electron chi connectivity index (χ0n) is 18.4. The first-order valence-corrected chi connectivity index (χ1v) is 11.6. The molecule has 1 aromatic rings. The average molecular weight is 418 g/mol. The number of ether oxygens (including phenoxy) is 1. The average Bonchev–Trinajstić information content (AvgIpc) is 2.77. The first-order valence-electron chi connectivity index (χ1n) is 11.6. The normalized spacial score (nSPS) is 29.6. The number of aliphatic hydroxyl groups is 1. The molecule has 0 fully saturated rings. The summed E-state index contributed by atoms with van der Waals surface area (Å²) >= 11 is 0. The molecule has 4 aliphatic carbocycles. The SMILES string of the molecule is CC(C)Oc1nc(C2=CC=C3C=C4CCC=CC4CC3C2)nc(C2C=CCCC2O)n1. The number of aliphatic hydroxyl groups excluding tert-OH is 1. The van der Waals surface area contributed by atoms with Gasteiger partial charge in [0.2, 0.25) is 0 Å². The lowest BCUT2D eigenvalue weighted by Crippen LogP contribution is -2.24. The molecule has 4 aliphatic rings. The second-order valence-electron chi connectivity index (χ2n) is 9.35. The van der Waals surface area contributed by atoms with Gasteiger partial charge in [-0.2, -0.15) is 9.97 Å². The van der Waals surface area contributed by atoms with E-state index in [0.29, 0.717) is 29.5 Å². The molecular formula is C26H31N3O2. The summed E-state index contributed by atoms with van der Waals surface area (Å²) < 4.78 is 5.86. The Morgan fingerprint density at radius 1 is 1.06 bits per heavy atom. The van der Waals surface area contributed by atoms with Crippen LogP contribution in [-0.2, 0) is 0 Å². The third kappa shape index (κ3) is 4.29. The van der Waals surface area contributed by atoms with E-state index in [1.807, 2.05) is 19.9 Å². The largest absolute Gasteiger partial charge is 0.461 e. The fraction of sp³-hybridized carbons (Fsp3) is 0.500. The zero-order valence-corrected chi connectivity index (χ0v) is 18.4. The summed E-state index contributed by atoms with van der Waals surface area (Å²) in [6.45, 7) is 3.94. The van der Waals surface area contributed by atoms with Gasteiger partial charge in [-0.1, -0.05) is 48.1 Å². The van der Waals surface area contributed by atoms with Gasteiger partial charge < -0.3 is 9.84 Å². The van der Waals surface area contributed by atoms with Crippen molar-refractivity contribution in [1.29, 1.82) is 0 Å². The molecule has 162 valence electrons. The van der Waals surface area contributed by atoms with Crippen LogP contribution in [0.15, 0.2) is 53.7 Å². The monoisotopic (exact) mass is 417 g/mol. The molecule has 0 radical (unpaired) electrons. The van der Waals surface area contributed by atoms with Crippen LogP contribution in [0.25, 0.3) is 5.57 Å². The van der Waals surface area contributed by atoms with Crippen molar-refractivity contribution in [3.8, 4) is 6.01 Å². The minimum absolute atomic E-state index is 0.0262. The second kappa shape index (κ2) is 8.54. The number of allylic oxidation sites excluding steroid dienone is 9. The van der Waals surface area contributed by atoms with E-state index in [1.165, 1.54) is 12.0 Å². The lowest BCUT2D eigenvalue weighted by molar-refractivity contribution is 0.141. The van der Waals surface area contributed by atoms with Crippen LogP contribution < -0.4 is 4.74 Å². The van der Waals surface area contributed by atoms with E-state index in [1.54, 1.807) is 5.57 Å². The highest BCUT2D eigenvalue weighted by molar-refractivity contribution is 5.66. The lowest BCUT2D eigenvalue weighted by Gasteiger charge is -2.34. The Morgan fingerprint density at radius 3 is 2.77 bits per heavy atom. The van der Waals surface area contributed by atoms with Gasteiger partial charge in [-0.05, 0) is 75.4 Å². The van der Waals surface area contributed by atoms with Crippen molar-refractivity contribution in [3.63, 3.8) is 0 Å². The predicted octanol–water partition coefficient (Wildman–Crippen LogP) is 5.08. The summed E-state index contributed by atoms with van der Waals surface area (Å²) in [6, 6.07) is 0.345. The zero-order chi connectivity index (χ0) is 21.4. The van der Waals surface area contributed by atoms with E-state index in [-0.39, 0.29) is 12.0 Å². The molecule has 0 saturated carbocycles. The van der Waals surface area contributed by atoms with Gasteiger partial charge in [0.15, 0.2) is 5.82 Å². The lowest BCUT2D eigenvalue weighted by atomic mass is 9.71. The molecule has 1 N–H and O–H groups in total. The summed E-state index contributed by atoms with van der Waals surface area (Å²) in [6.07, 6.45) is 21.2. The first-order chi connectivity index (χ1) is 15.1. The molecule has 31 heavy (non-hydrogen) atoms. The molecule has 0 aliphatic heterocycles. The van der Waals surface area contributed by atoms with Gasteiger partial charge in [-0.25, -0.2) is 4.98 Å². The Morgan fingerprint density at radius 2 is 1.94 bits per heavy atom. The van der Waals surface area contributed by atoms with Crippen molar-refractivity contribution in [3.05, 3.63) is 65.3 Å². The van der Waals surface area contributed by atoms with Crippen molar-refractivity contribution in [1.82, 2.24) is 15.0 Å². The molecule has 5 nitrogen and oxygen atoms in total. The summed E-state index contributed by atoms with van der Waals surface area (Å²) in [5, 5.41) is 10.5. The number of fused-ring (bicyclic) bond motifs is 2. The minimum Gasteiger partial charge on any atom is -0.461 e. The minimum atomic E-state index is -0.473. The third-order valence-corrected chi connectivity index (χ3v) is 6.70. The van der Waals surface area contributed by atoms with Gasteiger partial charge in [0.05, 0.1) is 18.1 Å². The van der Waals surface area contributed by atoms with Crippen LogP contribution in [0, 0.1) is 11.8 Å². The van der Waals surface area contributed by atoms with E-state index >= 15 is 0 Å². The smallest absolute Gasteiger partial charge is 0.320 e. The van der Waals surface area contributed by atoms with Crippen LogP contribution >= 0.6 is 0 Å². The standard InChI is InChI=1S/C26H31N3O2/c1-16(2)31-26-28-24(27-25(29-26)22-9-5-6-10-23(22)30)20-12-11-19-13-17-7-3-4-8-18(17)14-21(19)15-20/h4-5,8-9,11-13,16,18,21-23,30H,3,6-7,10,14-15H2,1-2H3. The van der Waals surface area contributed by atoms with Gasteiger partial charge in [-0.15, -0.1) is 0 Å². The third-order valence-electron chi connectivity index (χ3n) is 6.70. The van der Waals surface area contributed by atoms with Gasteiger partial charge in [-0.3, -0.25) is 0 Å².